The Morgan fingerprint density at radius 1 is 1.35 bits per heavy atom. The fourth-order valence-corrected chi connectivity index (χ4v) is 2.24. The van der Waals surface area contributed by atoms with Gasteiger partial charge in [-0.2, -0.15) is 0 Å². The third-order valence-corrected chi connectivity index (χ3v) is 3.38. The maximum absolute atomic E-state index is 11.7. The molecule has 0 aliphatic carbocycles. The summed E-state index contributed by atoms with van der Waals surface area (Å²) in [4.78, 5) is 24.6. The number of amides is 2. The highest BCUT2D eigenvalue weighted by Crippen LogP contribution is 2.06. The zero-order valence-electron chi connectivity index (χ0n) is 11.4. The van der Waals surface area contributed by atoms with Crippen LogP contribution in [0.3, 0.4) is 0 Å². The summed E-state index contributed by atoms with van der Waals surface area (Å²) < 4.78 is 0. The van der Waals surface area contributed by atoms with Crippen molar-refractivity contribution in [1.82, 2.24) is 15.5 Å². The van der Waals surface area contributed by atoms with Gasteiger partial charge in [-0.1, -0.05) is 12.1 Å². The molecule has 2 rings (SSSR count). The van der Waals surface area contributed by atoms with Crippen molar-refractivity contribution < 1.29 is 14.7 Å². The normalized spacial score (nSPS) is 18.8. The number of carboxylic acid groups (broad SMARTS) is 1. The molecule has 0 radical (unpaired) electrons. The number of urea groups is 1. The number of carbonyl (C=O) groups excluding carboxylic acids is 1. The van der Waals surface area contributed by atoms with Crippen molar-refractivity contribution in [2.24, 2.45) is 0 Å². The molecule has 108 valence electrons. The fourth-order valence-electron chi connectivity index (χ4n) is 2.24. The van der Waals surface area contributed by atoms with Crippen LogP contribution in [0.4, 0.5) is 4.79 Å². The summed E-state index contributed by atoms with van der Waals surface area (Å²) in [7, 11) is 2.03. The highest BCUT2D eigenvalue weighted by atomic mass is 16.4. The average molecular weight is 277 g/mol. The number of hydrogen-bond acceptors (Lipinski definition) is 3. The van der Waals surface area contributed by atoms with Crippen molar-refractivity contribution in [2.45, 2.75) is 19.0 Å². The second-order valence-corrected chi connectivity index (χ2v) is 5.08. The van der Waals surface area contributed by atoms with E-state index in [1.54, 1.807) is 12.1 Å². The number of hydrogen-bond donors (Lipinski definition) is 3. The summed E-state index contributed by atoms with van der Waals surface area (Å²) in [6.45, 7) is 2.26. The van der Waals surface area contributed by atoms with Gasteiger partial charge in [0.25, 0.3) is 0 Å². The lowest BCUT2D eigenvalue weighted by Gasteiger charge is -2.13. The lowest BCUT2D eigenvalue weighted by Crippen LogP contribution is -2.42. The number of rotatable bonds is 4. The van der Waals surface area contributed by atoms with Crippen LogP contribution in [0, 0.1) is 0 Å². The largest absolute Gasteiger partial charge is 0.478 e. The van der Waals surface area contributed by atoms with Crippen LogP contribution in [-0.4, -0.2) is 48.2 Å². The van der Waals surface area contributed by atoms with E-state index in [1.807, 2.05) is 7.05 Å². The number of carbonyl (C=O) groups is 2. The molecule has 1 aromatic rings. The van der Waals surface area contributed by atoms with Crippen LogP contribution in [0.15, 0.2) is 24.3 Å². The van der Waals surface area contributed by atoms with E-state index in [9.17, 15) is 9.59 Å². The molecule has 2 amide bonds. The van der Waals surface area contributed by atoms with Gasteiger partial charge in [-0.25, -0.2) is 9.59 Å². The zero-order valence-corrected chi connectivity index (χ0v) is 11.4. The van der Waals surface area contributed by atoms with Crippen molar-refractivity contribution in [3.8, 4) is 0 Å². The van der Waals surface area contributed by atoms with Crippen LogP contribution in [0.1, 0.15) is 22.3 Å². The molecule has 3 N–H and O–H groups in total. The summed E-state index contributed by atoms with van der Waals surface area (Å²) in [5.74, 6) is -0.951. The summed E-state index contributed by atoms with van der Waals surface area (Å²) in [6, 6.07) is 6.48. The van der Waals surface area contributed by atoms with Crippen LogP contribution in [0.25, 0.3) is 0 Å². The van der Waals surface area contributed by atoms with E-state index in [-0.39, 0.29) is 17.6 Å². The van der Waals surface area contributed by atoms with Crippen LogP contribution >= 0.6 is 0 Å². The first-order valence-electron chi connectivity index (χ1n) is 6.60. The van der Waals surface area contributed by atoms with E-state index in [0.29, 0.717) is 6.54 Å². The van der Waals surface area contributed by atoms with Crippen molar-refractivity contribution >= 4 is 12.0 Å². The van der Waals surface area contributed by atoms with Gasteiger partial charge < -0.3 is 20.6 Å². The van der Waals surface area contributed by atoms with Gasteiger partial charge in [-0.15, -0.1) is 0 Å². The Morgan fingerprint density at radius 3 is 2.60 bits per heavy atom. The summed E-state index contributed by atoms with van der Waals surface area (Å²) in [5, 5.41) is 14.5. The topological polar surface area (TPSA) is 81.7 Å². The average Bonchev–Trinajstić information content (AvgIpc) is 2.82. The Hall–Kier alpha value is -2.08. The van der Waals surface area contributed by atoms with E-state index in [2.05, 4.69) is 15.5 Å². The highest BCUT2D eigenvalue weighted by Gasteiger charge is 2.20. The van der Waals surface area contributed by atoms with E-state index in [4.69, 9.17) is 5.11 Å². The molecule has 1 aromatic carbocycles. The molecule has 1 aliphatic heterocycles. The number of benzene rings is 1. The number of aromatic carboxylic acids is 1. The summed E-state index contributed by atoms with van der Waals surface area (Å²) in [5.41, 5.74) is 1.11. The predicted octanol–water partition coefficient (Wildman–Crippen LogP) is 0.888. The Bertz CT molecular complexity index is 487. The minimum absolute atomic E-state index is 0.187. The molecule has 1 atom stereocenters. The molecule has 1 fully saturated rings. The lowest BCUT2D eigenvalue weighted by molar-refractivity contribution is 0.0697. The van der Waals surface area contributed by atoms with Gasteiger partial charge in [0, 0.05) is 19.1 Å². The standard InChI is InChI=1S/C14H19N3O3/c1-17-7-6-12(9-17)16-14(20)15-8-10-2-4-11(5-3-10)13(18)19/h2-5,12H,6-9H2,1H3,(H,18,19)(H2,15,16,20)/t12-/m1/s1. The van der Waals surface area contributed by atoms with Crippen molar-refractivity contribution in [1.29, 1.82) is 0 Å². The molecule has 1 saturated heterocycles. The van der Waals surface area contributed by atoms with Crippen molar-refractivity contribution in [3.05, 3.63) is 35.4 Å². The molecular formula is C14H19N3O3. The van der Waals surface area contributed by atoms with E-state index in [1.165, 1.54) is 12.1 Å². The van der Waals surface area contributed by atoms with Gasteiger partial charge in [0.1, 0.15) is 0 Å². The Labute approximate surface area is 117 Å². The fraction of sp³-hybridized carbons (Fsp3) is 0.429. The number of likely N-dealkylation sites (tertiary alicyclic amines) is 1. The molecule has 0 unspecified atom stereocenters. The minimum Gasteiger partial charge on any atom is -0.478 e. The Kier molecular flexibility index (Phi) is 4.57. The third-order valence-electron chi connectivity index (χ3n) is 3.38. The smallest absolute Gasteiger partial charge is 0.335 e. The quantitative estimate of drug-likeness (QED) is 0.763. The molecule has 20 heavy (non-hydrogen) atoms. The van der Waals surface area contributed by atoms with Crippen LogP contribution in [0.2, 0.25) is 0 Å². The van der Waals surface area contributed by atoms with Crippen molar-refractivity contribution in [2.75, 3.05) is 20.1 Å². The Morgan fingerprint density at radius 2 is 2.05 bits per heavy atom. The molecule has 0 bridgehead atoms. The molecular weight excluding hydrogens is 258 g/mol. The third kappa shape index (κ3) is 3.96. The summed E-state index contributed by atoms with van der Waals surface area (Å²) in [6.07, 6.45) is 0.969. The van der Waals surface area contributed by atoms with Crippen LogP contribution < -0.4 is 10.6 Å². The van der Waals surface area contributed by atoms with Gasteiger partial charge in [0.15, 0.2) is 0 Å². The first-order chi connectivity index (χ1) is 9.54. The number of nitrogens with one attached hydrogen (secondary N) is 2. The number of likely N-dealkylation sites (N-methyl/N-ethyl adjacent to an activating group) is 1. The molecule has 0 aromatic heterocycles. The molecule has 6 heteroatoms. The van der Waals surface area contributed by atoms with E-state index < -0.39 is 5.97 Å². The zero-order chi connectivity index (χ0) is 14.5. The Balaban J connectivity index is 1.76. The number of nitrogens with zero attached hydrogens (tertiary/aromatic N) is 1. The van der Waals surface area contributed by atoms with Crippen LogP contribution in [-0.2, 0) is 6.54 Å². The first kappa shape index (κ1) is 14.3. The molecule has 6 nitrogen and oxygen atoms in total. The second kappa shape index (κ2) is 6.38. The van der Waals surface area contributed by atoms with Crippen LogP contribution in [0.5, 0.6) is 0 Å². The molecule has 1 heterocycles. The van der Waals surface area contributed by atoms with Gasteiger partial charge >= 0.3 is 12.0 Å². The van der Waals surface area contributed by atoms with Gasteiger partial charge in [0.05, 0.1) is 5.56 Å². The van der Waals surface area contributed by atoms with Gasteiger partial charge in [-0.3, -0.25) is 0 Å². The predicted molar refractivity (Wildman–Crippen MR) is 74.7 cm³/mol. The SMILES string of the molecule is CN1CC[C@@H](NC(=O)NCc2ccc(C(=O)O)cc2)C1. The maximum atomic E-state index is 11.7. The molecule has 0 saturated carbocycles. The van der Waals surface area contributed by atoms with Gasteiger partial charge in [-0.05, 0) is 37.7 Å². The highest BCUT2D eigenvalue weighted by molar-refractivity contribution is 5.87. The number of carboxylic acids is 1. The monoisotopic (exact) mass is 277 g/mol. The first-order valence-corrected chi connectivity index (χ1v) is 6.60. The van der Waals surface area contributed by atoms with Crippen molar-refractivity contribution in [3.63, 3.8) is 0 Å². The minimum atomic E-state index is -0.951. The van der Waals surface area contributed by atoms with E-state index in [0.717, 1.165) is 25.1 Å². The molecule has 1 aliphatic rings. The molecule has 0 spiro atoms. The van der Waals surface area contributed by atoms with E-state index >= 15 is 0 Å². The summed E-state index contributed by atoms with van der Waals surface area (Å²) >= 11 is 0. The van der Waals surface area contributed by atoms with Gasteiger partial charge in [0.2, 0.25) is 0 Å². The second-order valence-electron chi connectivity index (χ2n) is 5.08. The lowest BCUT2D eigenvalue weighted by atomic mass is 10.1. The maximum Gasteiger partial charge on any atom is 0.335 e.